The molecule has 0 bridgehead atoms. The van der Waals surface area contributed by atoms with E-state index in [1.165, 1.54) is 18.5 Å². The molecule has 0 aliphatic carbocycles. The van der Waals surface area contributed by atoms with E-state index in [9.17, 15) is 18.0 Å². The number of alkyl halides is 3. The maximum absolute atomic E-state index is 10.6. The van der Waals surface area contributed by atoms with Crippen molar-refractivity contribution in [2.75, 3.05) is 0 Å². The average Bonchev–Trinajstić information content (AvgIpc) is 2.18. The zero-order valence-corrected chi connectivity index (χ0v) is 7.60. The molecule has 88 valence electrons. The van der Waals surface area contributed by atoms with Gasteiger partial charge in [-0.2, -0.15) is 13.2 Å². The number of rotatable bonds is 1. The molecule has 5 nitrogen and oxygen atoms in total. The predicted molar refractivity (Wildman–Crippen MR) is 44.9 cm³/mol. The van der Waals surface area contributed by atoms with E-state index < -0.39 is 18.1 Å². The monoisotopic (exact) mass is 237 g/mol. The molecule has 0 aliphatic heterocycles. The number of carbonyl (C=O) groups is 2. The van der Waals surface area contributed by atoms with Crippen molar-refractivity contribution in [1.82, 2.24) is 4.98 Å². The second-order valence-corrected chi connectivity index (χ2v) is 2.35. The Labute approximate surface area is 87.2 Å². The molecule has 0 fully saturated rings. The Morgan fingerprint density at radius 3 is 1.94 bits per heavy atom. The topological polar surface area (TPSA) is 87.5 Å². The van der Waals surface area contributed by atoms with Gasteiger partial charge in [-0.05, 0) is 12.1 Å². The number of halogens is 3. The van der Waals surface area contributed by atoms with E-state index in [0.717, 1.165) is 0 Å². The fraction of sp³-hybridized carbons (Fsp3) is 0.125. The Hall–Kier alpha value is -2.12. The minimum Gasteiger partial charge on any atom is -0.478 e. The molecule has 16 heavy (non-hydrogen) atoms. The van der Waals surface area contributed by atoms with Crippen LogP contribution in [0.2, 0.25) is 0 Å². The lowest BCUT2D eigenvalue weighted by atomic mass is 10.3. The second kappa shape index (κ2) is 5.69. The fourth-order valence-corrected chi connectivity index (χ4v) is 0.489. The van der Waals surface area contributed by atoms with Gasteiger partial charge in [0.15, 0.2) is 0 Å². The molecule has 0 radical (unpaired) electrons. The third kappa shape index (κ3) is 5.58. The normalized spacial score (nSPS) is 9.94. The highest BCUT2D eigenvalue weighted by atomic mass is 19.4. The van der Waals surface area contributed by atoms with Crippen molar-refractivity contribution in [1.29, 1.82) is 0 Å². The molecular weight excluding hydrogens is 231 g/mol. The van der Waals surface area contributed by atoms with Gasteiger partial charge in [-0.25, -0.2) is 9.59 Å². The molecule has 0 saturated heterocycles. The first-order chi connectivity index (χ1) is 7.25. The Balaban J connectivity index is 0.000000293. The molecule has 1 aromatic heterocycles. The van der Waals surface area contributed by atoms with E-state index >= 15 is 0 Å². The second-order valence-electron chi connectivity index (χ2n) is 2.35. The Bertz CT molecular complexity index is 363. The highest BCUT2D eigenvalue weighted by molar-refractivity contribution is 5.86. The summed E-state index contributed by atoms with van der Waals surface area (Å²) in [4.78, 5) is 22.7. The first-order valence-corrected chi connectivity index (χ1v) is 3.68. The molecule has 1 aromatic rings. The minimum absolute atomic E-state index is 0.220. The van der Waals surface area contributed by atoms with Gasteiger partial charge in [0.1, 0.15) is 0 Å². The fourth-order valence-electron chi connectivity index (χ4n) is 0.489. The number of carboxylic acid groups (broad SMARTS) is 2. The van der Waals surface area contributed by atoms with Crippen LogP contribution >= 0.6 is 0 Å². The molecular formula is C8H6F3NO4. The molecule has 0 saturated carbocycles. The number of pyridine rings is 1. The summed E-state index contributed by atoms with van der Waals surface area (Å²) in [7, 11) is 0. The van der Waals surface area contributed by atoms with E-state index in [4.69, 9.17) is 15.0 Å². The van der Waals surface area contributed by atoms with Gasteiger partial charge in [0.05, 0.1) is 5.56 Å². The lowest BCUT2D eigenvalue weighted by molar-refractivity contribution is -0.192. The summed E-state index contributed by atoms with van der Waals surface area (Å²) in [5.41, 5.74) is 0.220. The van der Waals surface area contributed by atoms with Crippen molar-refractivity contribution in [3.8, 4) is 0 Å². The number of aromatic carboxylic acids is 1. The molecule has 2 N–H and O–H groups in total. The van der Waals surface area contributed by atoms with Crippen LogP contribution in [0.1, 0.15) is 10.4 Å². The minimum atomic E-state index is -5.08. The lowest BCUT2D eigenvalue weighted by Gasteiger charge is -1.93. The highest BCUT2D eigenvalue weighted by Gasteiger charge is 2.38. The van der Waals surface area contributed by atoms with Crippen LogP contribution in [-0.4, -0.2) is 33.3 Å². The van der Waals surface area contributed by atoms with Crippen molar-refractivity contribution < 1.29 is 33.0 Å². The van der Waals surface area contributed by atoms with Crippen LogP contribution in [0.5, 0.6) is 0 Å². The van der Waals surface area contributed by atoms with E-state index in [1.54, 1.807) is 6.07 Å². The van der Waals surface area contributed by atoms with Crippen molar-refractivity contribution in [2.24, 2.45) is 0 Å². The molecule has 1 heterocycles. The summed E-state index contributed by atoms with van der Waals surface area (Å²) in [6, 6.07) is 3.08. The number of aromatic nitrogens is 1. The van der Waals surface area contributed by atoms with Crippen LogP contribution in [0.3, 0.4) is 0 Å². The molecule has 0 spiro atoms. The third-order valence-electron chi connectivity index (χ3n) is 1.15. The van der Waals surface area contributed by atoms with Crippen LogP contribution in [0.25, 0.3) is 0 Å². The molecule has 0 amide bonds. The zero-order chi connectivity index (χ0) is 12.8. The predicted octanol–water partition coefficient (Wildman–Crippen LogP) is 1.41. The number of aliphatic carboxylic acids is 1. The number of hydrogen-bond donors (Lipinski definition) is 2. The molecule has 0 unspecified atom stereocenters. The summed E-state index contributed by atoms with van der Waals surface area (Å²) in [6.07, 6.45) is -2.24. The van der Waals surface area contributed by atoms with Crippen LogP contribution in [0.4, 0.5) is 13.2 Å². The SMILES string of the molecule is O=C(O)C(F)(F)F.O=C(O)c1cccnc1. The quantitative estimate of drug-likeness (QED) is 0.771. The summed E-state index contributed by atoms with van der Waals surface area (Å²) >= 11 is 0. The zero-order valence-electron chi connectivity index (χ0n) is 7.60. The van der Waals surface area contributed by atoms with Crippen LogP contribution in [0.15, 0.2) is 24.5 Å². The van der Waals surface area contributed by atoms with E-state index in [0.29, 0.717) is 0 Å². The van der Waals surface area contributed by atoms with Gasteiger partial charge >= 0.3 is 18.1 Å². The molecule has 8 heteroatoms. The van der Waals surface area contributed by atoms with Gasteiger partial charge in [0.2, 0.25) is 0 Å². The van der Waals surface area contributed by atoms with Crippen LogP contribution in [0, 0.1) is 0 Å². The number of carboxylic acids is 2. The average molecular weight is 237 g/mol. The summed E-state index contributed by atoms with van der Waals surface area (Å²) in [5.74, 6) is -3.70. The van der Waals surface area contributed by atoms with E-state index in [1.807, 2.05) is 0 Å². The van der Waals surface area contributed by atoms with E-state index in [-0.39, 0.29) is 5.56 Å². The molecule has 0 atom stereocenters. The van der Waals surface area contributed by atoms with Gasteiger partial charge in [0, 0.05) is 12.4 Å². The smallest absolute Gasteiger partial charge is 0.478 e. The van der Waals surface area contributed by atoms with Gasteiger partial charge in [-0.3, -0.25) is 4.98 Å². The summed E-state index contributed by atoms with van der Waals surface area (Å²) < 4.78 is 31.7. The van der Waals surface area contributed by atoms with Crippen LogP contribution < -0.4 is 0 Å². The third-order valence-corrected chi connectivity index (χ3v) is 1.15. The first-order valence-electron chi connectivity index (χ1n) is 3.68. The first kappa shape index (κ1) is 13.9. The summed E-state index contributed by atoms with van der Waals surface area (Å²) in [5, 5.41) is 15.5. The number of hydrogen-bond acceptors (Lipinski definition) is 3. The molecule has 1 rings (SSSR count). The highest BCUT2D eigenvalue weighted by Crippen LogP contribution is 2.13. The Morgan fingerprint density at radius 1 is 1.25 bits per heavy atom. The Morgan fingerprint density at radius 2 is 1.75 bits per heavy atom. The van der Waals surface area contributed by atoms with Crippen molar-refractivity contribution in [3.05, 3.63) is 30.1 Å². The van der Waals surface area contributed by atoms with Gasteiger partial charge in [-0.15, -0.1) is 0 Å². The largest absolute Gasteiger partial charge is 0.490 e. The molecule has 0 aliphatic rings. The van der Waals surface area contributed by atoms with Gasteiger partial charge in [0.25, 0.3) is 0 Å². The van der Waals surface area contributed by atoms with Crippen molar-refractivity contribution in [3.63, 3.8) is 0 Å². The van der Waals surface area contributed by atoms with Crippen molar-refractivity contribution >= 4 is 11.9 Å². The van der Waals surface area contributed by atoms with Gasteiger partial charge < -0.3 is 10.2 Å². The number of nitrogens with zero attached hydrogens (tertiary/aromatic N) is 1. The maximum atomic E-state index is 10.6. The summed E-state index contributed by atoms with van der Waals surface area (Å²) in [6.45, 7) is 0. The molecule has 0 aromatic carbocycles. The van der Waals surface area contributed by atoms with Gasteiger partial charge in [-0.1, -0.05) is 0 Å². The lowest BCUT2D eigenvalue weighted by Crippen LogP contribution is -2.21. The Kier molecular flexibility index (Phi) is 4.93. The maximum Gasteiger partial charge on any atom is 0.490 e. The van der Waals surface area contributed by atoms with E-state index in [2.05, 4.69) is 4.98 Å². The van der Waals surface area contributed by atoms with Crippen molar-refractivity contribution in [2.45, 2.75) is 6.18 Å². The standard InChI is InChI=1S/C6H5NO2.C2HF3O2/c8-6(9)5-2-1-3-7-4-5;3-2(4,5)1(6)7/h1-4H,(H,8,9);(H,6,7). The van der Waals surface area contributed by atoms with Crippen LogP contribution in [-0.2, 0) is 4.79 Å².